The van der Waals surface area contributed by atoms with E-state index < -0.39 is 6.10 Å². The summed E-state index contributed by atoms with van der Waals surface area (Å²) in [5, 5.41) is 0. The Bertz CT molecular complexity index is 382. The van der Waals surface area contributed by atoms with E-state index in [4.69, 9.17) is 4.74 Å². The average molecular weight is 206 g/mol. The van der Waals surface area contributed by atoms with Crippen LogP contribution in [0.5, 0.6) is 5.75 Å². The van der Waals surface area contributed by atoms with Gasteiger partial charge in [0.1, 0.15) is 5.75 Å². The zero-order valence-corrected chi connectivity index (χ0v) is 9.11. The molecule has 1 unspecified atom stereocenters. The molecule has 0 bridgehead atoms. The maximum absolute atomic E-state index is 11.1. The Morgan fingerprint density at radius 2 is 1.93 bits per heavy atom. The number of ether oxygens (including phenoxy) is 1. The highest BCUT2D eigenvalue weighted by atomic mass is 16.5. The highest BCUT2D eigenvalue weighted by Crippen LogP contribution is 2.15. The van der Waals surface area contributed by atoms with Crippen molar-refractivity contribution in [1.82, 2.24) is 0 Å². The van der Waals surface area contributed by atoms with E-state index in [1.807, 2.05) is 0 Å². The van der Waals surface area contributed by atoms with Crippen molar-refractivity contribution in [1.29, 1.82) is 0 Å². The van der Waals surface area contributed by atoms with Crippen LogP contribution in [0.4, 0.5) is 0 Å². The van der Waals surface area contributed by atoms with Crippen LogP contribution in [0.3, 0.4) is 0 Å². The van der Waals surface area contributed by atoms with Gasteiger partial charge in [-0.05, 0) is 32.9 Å². The van der Waals surface area contributed by atoms with Gasteiger partial charge in [0.2, 0.25) is 0 Å². The molecule has 0 saturated heterocycles. The Hall–Kier alpha value is -1.64. The summed E-state index contributed by atoms with van der Waals surface area (Å²) < 4.78 is 5.36. The minimum absolute atomic E-state index is 0.0177. The molecule has 1 aromatic carbocycles. The summed E-state index contributed by atoms with van der Waals surface area (Å²) in [7, 11) is 0. The van der Waals surface area contributed by atoms with Gasteiger partial charge >= 0.3 is 0 Å². The van der Waals surface area contributed by atoms with E-state index in [1.165, 1.54) is 13.8 Å². The van der Waals surface area contributed by atoms with Crippen molar-refractivity contribution in [3.63, 3.8) is 0 Å². The van der Waals surface area contributed by atoms with Gasteiger partial charge in [0.15, 0.2) is 17.7 Å². The number of rotatable bonds is 4. The summed E-state index contributed by atoms with van der Waals surface area (Å²) >= 11 is 0. The second-order valence-corrected chi connectivity index (χ2v) is 3.45. The van der Waals surface area contributed by atoms with Gasteiger partial charge in [-0.1, -0.05) is 12.1 Å². The first kappa shape index (κ1) is 11.4. The zero-order chi connectivity index (χ0) is 11.4. The number of Topliss-reactive ketones (excluding diaryl/α,β-unsaturated/α-hetero) is 2. The molecule has 1 aromatic rings. The van der Waals surface area contributed by atoms with Crippen LogP contribution in [-0.4, -0.2) is 17.7 Å². The van der Waals surface area contributed by atoms with Crippen LogP contribution in [0.25, 0.3) is 0 Å². The first-order valence-electron chi connectivity index (χ1n) is 4.79. The molecule has 1 rings (SSSR count). The van der Waals surface area contributed by atoms with Crippen LogP contribution < -0.4 is 4.74 Å². The summed E-state index contributed by atoms with van der Waals surface area (Å²) in [5.41, 5.74) is 0.586. The molecule has 15 heavy (non-hydrogen) atoms. The van der Waals surface area contributed by atoms with Crippen molar-refractivity contribution in [2.75, 3.05) is 0 Å². The Morgan fingerprint density at radius 3 is 2.47 bits per heavy atom. The molecule has 0 aliphatic heterocycles. The molecule has 0 N–H and O–H groups in total. The number of carbonyl (C=O) groups excluding carboxylic acids is 2. The van der Waals surface area contributed by atoms with E-state index in [-0.39, 0.29) is 11.6 Å². The number of hydrogen-bond acceptors (Lipinski definition) is 3. The maximum atomic E-state index is 11.1. The lowest BCUT2D eigenvalue weighted by molar-refractivity contribution is -0.122. The summed E-state index contributed by atoms with van der Waals surface area (Å²) in [5.74, 6) is 0.490. The van der Waals surface area contributed by atoms with Crippen LogP contribution in [0, 0.1) is 0 Å². The van der Waals surface area contributed by atoms with E-state index in [0.717, 1.165) is 0 Å². The van der Waals surface area contributed by atoms with Crippen molar-refractivity contribution in [2.45, 2.75) is 26.9 Å². The summed E-state index contributed by atoms with van der Waals surface area (Å²) in [6.07, 6.45) is -0.479. The first-order chi connectivity index (χ1) is 7.00. The minimum atomic E-state index is -0.479. The summed E-state index contributed by atoms with van der Waals surface area (Å²) in [6.45, 7) is 4.65. The Balaban J connectivity index is 2.82. The lowest BCUT2D eigenvalue weighted by Gasteiger charge is -2.11. The number of benzene rings is 1. The molecule has 0 fully saturated rings. The Labute approximate surface area is 89.1 Å². The quantitative estimate of drug-likeness (QED) is 0.709. The van der Waals surface area contributed by atoms with Crippen molar-refractivity contribution in [3.8, 4) is 5.75 Å². The first-order valence-corrected chi connectivity index (χ1v) is 4.79. The lowest BCUT2D eigenvalue weighted by Crippen LogP contribution is -2.20. The Morgan fingerprint density at radius 1 is 1.27 bits per heavy atom. The lowest BCUT2D eigenvalue weighted by atomic mass is 10.1. The van der Waals surface area contributed by atoms with Gasteiger partial charge in [0, 0.05) is 5.56 Å². The molecule has 3 nitrogen and oxygen atoms in total. The van der Waals surface area contributed by atoms with Crippen LogP contribution in [0.15, 0.2) is 24.3 Å². The molecule has 0 radical (unpaired) electrons. The predicted octanol–water partition coefficient (Wildman–Crippen LogP) is 2.25. The molecule has 0 spiro atoms. The molecule has 1 atom stereocenters. The number of ketones is 2. The molecule has 80 valence electrons. The van der Waals surface area contributed by atoms with Crippen molar-refractivity contribution in [3.05, 3.63) is 29.8 Å². The van der Waals surface area contributed by atoms with Gasteiger partial charge in [-0.3, -0.25) is 9.59 Å². The molecular formula is C12H14O3. The van der Waals surface area contributed by atoms with Crippen LogP contribution in [0.2, 0.25) is 0 Å². The van der Waals surface area contributed by atoms with Crippen LogP contribution in [0.1, 0.15) is 31.1 Å². The van der Waals surface area contributed by atoms with Gasteiger partial charge in [-0.15, -0.1) is 0 Å². The van der Waals surface area contributed by atoms with Gasteiger partial charge < -0.3 is 4.74 Å². The molecule has 3 heteroatoms. The molecule has 0 amide bonds. The second kappa shape index (κ2) is 4.73. The van der Waals surface area contributed by atoms with Crippen molar-refractivity contribution in [2.24, 2.45) is 0 Å². The smallest absolute Gasteiger partial charge is 0.169 e. The van der Waals surface area contributed by atoms with E-state index in [0.29, 0.717) is 11.3 Å². The Kier molecular flexibility index (Phi) is 3.61. The SMILES string of the molecule is CC(=O)c1cccc(OC(C)C(C)=O)c1. The minimum Gasteiger partial charge on any atom is -0.483 e. The number of carbonyl (C=O) groups is 2. The topological polar surface area (TPSA) is 43.4 Å². The molecule has 0 aromatic heterocycles. The van der Waals surface area contributed by atoms with Gasteiger partial charge in [0.05, 0.1) is 0 Å². The van der Waals surface area contributed by atoms with Crippen molar-refractivity contribution < 1.29 is 14.3 Å². The fraction of sp³-hybridized carbons (Fsp3) is 0.333. The summed E-state index contributed by atoms with van der Waals surface area (Å²) in [4.78, 5) is 22.1. The molecular weight excluding hydrogens is 192 g/mol. The predicted molar refractivity (Wildman–Crippen MR) is 57.2 cm³/mol. The average Bonchev–Trinajstić information content (AvgIpc) is 2.18. The largest absolute Gasteiger partial charge is 0.483 e. The fourth-order valence-corrected chi connectivity index (χ4v) is 1.08. The van der Waals surface area contributed by atoms with Gasteiger partial charge in [0.25, 0.3) is 0 Å². The van der Waals surface area contributed by atoms with Crippen LogP contribution >= 0.6 is 0 Å². The van der Waals surface area contributed by atoms with Gasteiger partial charge in [-0.25, -0.2) is 0 Å². The molecule has 0 heterocycles. The standard InChI is InChI=1S/C12H14O3/c1-8(13)10(3)15-12-6-4-5-11(7-12)9(2)14/h4-7,10H,1-3H3. The molecule has 0 aliphatic carbocycles. The normalized spacial score (nSPS) is 11.9. The van der Waals surface area contributed by atoms with E-state index in [9.17, 15) is 9.59 Å². The van der Waals surface area contributed by atoms with E-state index in [1.54, 1.807) is 31.2 Å². The van der Waals surface area contributed by atoms with E-state index >= 15 is 0 Å². The van der Waals surface area contributed by atoms with Crippen LogP contribution in [-0.2, 0) is 4.79 Å². The molecule has 0 saturated carbocycles. The third-order valence-corrected chi connectivity index (χ3v) is 2.13. The summed E-state index contributed by atoms with van der Waals surface area (Å²) in [6, 6.07) is 6.82. The molecule has 0 aliphatic rings. The third-order valence-electron chi connectivity index (χ3n) is 2.13. The second-order valence-electron chi connectivity index (χ2n) is 3.45. The monoisotopic (exact) mass is 206 g/mol. The zero-order valence-electron chi connectivity index (χ0n) is 9.11. The van der Waals surface area contributed by atoms with Crippen molar-refractivity contribution >= 4 is 11.6 Å². The highest BCUT2D eigenvalue weighted by Gasteiger charge is 2.09. The number of hydrogen-bond donors (Lipinski definition) is 0. The van der Waals surface area contributed by atoms with Gasteiger partial charge in [-0.2, -0.15) is 0 Å². The maximum Gasteiger partial charge on any atom is 0.169 e. The fourth-order valence-electron chi connectivity index (χ4n) is 1.08. The van der Waals surface area contributed by atoms with E-state index in [2.05, 4.69) is 0 Å². The third kappa shape index (κ3) is 3.20. The highest BCUT2D eigenvalue weighted by molar-refractivity contribution is 5.94.